The number of unbranched alkanes of at least 4 members (excludes halogenated alkanes) is 1. The number of ether oxygens (including phenoxy) is 1. The van der Waals surface area contributed by atoms with Gasteiger partial charge in [0.2, 0.25) is 0 Å². The summed E-state index contributed by atoms with van der Waals surface area (Å²) < 4.78 is 4.76. The summed E-state index contributed by atoms with van der Waals surface area (Å²) in [6.07, 6.45) is 5.91. The third-order valence-electron chi connectivity index (χ3n) is 2.03. The Kier molecular flexibility index (Phi) is 8.82. The summed E-state index contributed by atoms with van der Waals surface area (Å²) in [6, 6.07) is 0. The Morgan fingerprint density at radius 3 is 2.67 bits per heavy atom. The van der Waals surface area contributed by atoms with Gasteiger partial charge < -0.3 is 9.84 Å². The second kappa shape index (κ2) is 9.49. The zero-order chi connectivity index (χ0) is 11.5. The predicted octanol–water partition coefficient (Wildman–Crippen LogP) is 2.36. The number of carbonyl (C=O) groups is 2. The quantitative estimate of drug-likeness (QED) is 0.735. The van der Waals surface area contributed by atoms with Crippen LogP contribution in [0.3, 0.4) is 0 Å². The van der Waals surface area contributed by atoms with Gasteiger partial charge in [-0.3, -0.25) is 9.59 Å². The van der Waals surface area contributed by atoms with Crippen LogP contribution in [0.5, 0.6) is 0 Å². The molecule has 4 heteroatoms. The van der Waals surface area contributed by atoms with Crippen molar-refractivity contribution in [2.45, 2.75) is 51.9 Å². The number of hydrogen-bond donors (Lipinski definition) is 1. The van der Waals surface area contributed by atoms with Crippen LogP contribution in [-0.4, -0.2) is 23.7 Å². The van der Waals surface area contributed by atoms with E-state index in [1.807, 2.05) is 6.92 Å². The molecule has 1 heterocycles. The first-order chi connectivity index (χ1) is 7.16. The molecular weight excluding hydrogens is 196 g/mol. The molecule has 1 fully saturated rings. The smallest absolute Gasteiger partial charge is 0.305 e. The minimum atomic E-state index is -0.693. The molecular formula is C11H20O4. The topological polar surface area (TPSA) is 63.6 Å². The summed E-state index contributed by atoms with van der Waals surface area (Å²) in [6.45, 7) is 2.61. The molecule has 0 aromatic rings. The SMILES string of the molecule is CCCCC(=O)O.O=C1CCCCCO1. The molecule has 0 saturated carbocycles. The lowest BCUT2D eigenvalue weighted by Crippen LogP contribution is -2.00. The maximum absolute atomic E-state index is 10.5. The molecule has 1 aliphatic rings. The highest BCUT2D eigenvalue weighted by molar-refractivity contribution is 5.69. The summed E-state index contributed by atoms with van der Waals surface area (Å²) in [5.41, 5.74) is 0. The second-order valence-corrected chi connectivity index (χ2v) is 3.53. The van der Waals surface area contributed by atoms with E-state index in [1.54, 1.807) is 0 Å². The molecule has 0 bridgehead atoms. The average molecular weight is 216 g/mol. The molecule has 1 saturated heterocycles. The first-order valence-electron chi connectivity index (χ1n) is 5.54. The lowest BCUT2D eigenvalue weighted by atomic mass is 10.2. The predicted molar refractivity (Wildman–Crippen MR) is 56.6 cm³/mol. The molecule has 0 atom stereocenters. The fourth-order valence-electron chi connectivity index (χ4n) is 1.13. The largest absolute Gasteiger partial charge is 0.481 e. The number of carbonyl (C=O) groups excluding carboxylic acids is 1. The molecule has 1 N–H and O–H groups in total. The Labute approximate surface area is 90.6 Å². The van der Waals surface area contributed by atoms with E-state index >= 15 is 0 Å². The van der Waals surface area contributed by atoms with Crippen LogP contribution < -0.4 is 0 Å². The number of hydrogen-bond acceptors (Lipinski definition) is 3. The molecule has 1 rings (SSSR count). The van der Waals surface area contributed by atoms with Gasteiger partial charge in [0.15, 0.2) is 0 Å². The zero-order valence-corrected chi connectivity index (χ0v) is 9.33. The van der Waals surface area contributed by atoms with Gasteiger partial charge in [-0.2, -0.15) is 0 Å². The van der Waals surface area contributed by atoms with Crippen molar-refractivity contribution in [3.63, 3.8) is 0 Å². The van der Waals surface area contributed by atoms with Crippen LogP contribution in [0.15, 0.2) is 0 Å². The fourth-order valence-corrected chi connectivity index (χ4v) is 1.13. The minimum Gasteiger partial charge on any atom is -0.481 e. The number of esters is 1. The number of carboxylic acid groups (broad SMARTS) is 1. The Hall–Kier alpha value is -1.06. The van der Waals surface area contributed by atoms with E-state index in [0.29, 0.717) is 19.4 Å². The first kappa shape index (κ1) is 13.9. The summed E-state index contributed by atoms with van der Waals surface area (Å²) in [5.74, 6) is -0.718. The Bertz CT molecular complexity index is 179. The number of rotatable bonds is 3. The van der Waals surface area contributed by atoms with Crippen LogP contribution in [0.25, 0.3) is 0 Å². The maximum Gasteiger partial charge on any atom is 0.305 e. The lowest BCUT2D eigenvalue weighted by molar-refractivity contribution is -0.142. The van der Waals surface area contributed by atoms with Gasteiger partial charge in [0, 0.05) is 12.8 Å². The van der Waals surface area contributed by atoms with Crippen molar-refractivity contribution in [3.05, 3.63) is 0 Å². The minimum absolute atomic E-state index is 0.0255. The highest BCUT2D eigenvalue weighted by Gasteiger charge is 2.05. The van der Waals surface area contributed by atoms with Gasteiger partial charge in [0.1, 0.15) is 0 Å². The van der Waals surface area contributed by atoms with Gasteiger partial charge in [-0.05, 0) is 25.7 Å². The van der Waals surface area contributed by atoms with E-state index < -0.39 is 5.97 Å². The molecule has 0 spiro atoms. The molecule has 0 amide bonds. The van der Waals surface area contributed by atoms with Crippen LogP contribution in [0.2, 0.25) is 0 Å². The van der Waals surface area contributed by atoms with Gasteiger partial charge >= 0.3 is 11.9 Å². The van der Waals surface area contributed by atoms with Crippen LogP contribution in [0, 0.1) is 0 Å². The average Bonchev–Trinajstić information content (AvgIpc) is 2.43. The van der Waals surface area contributed by atoms with Crippen LogP contribution in [-0.2, 0) is 14.3 Å². The molecule has 4 nitrogen and oxygen atoms in total. The van der Waals surface area contributed by atoms with Crippen molar-refractivity contribution in [1.82, 2.24) is 0 Å². The van der Waals surface area contributed by atoms with Crippen LogP contribution in [0.4, 0.5) is 0 Å². The van der Waals surface area contributed by atoms with Crippen molar-refractivity contribution < 1.29 is 19.4 Å². The first-order valence-corrected chi connectivity index (χ1v) is 5.54. The van der Waals surface area contributed by atoms with Crippen molar-refractivity contribution in [2.75, 3.05) is 6.61 Å². The second-order valence-electron chi connectivity index (χ2n) is 3.53. The van der Waals surface area contributed by atoms with E-state index in [4.69, 9.17) is 9.84 Å². The Morgan fingerprint density at radius 2 is 2.13 bits per heavy atom. The molecule has 0 radical (unpaired) electrons. The summed E-state index contributed by atoms with van der Waals surface area (Å²) in [5, 5.41) is 8.04. The number of cyclic esters (lactones) is 1. The highest BCUT2D eigenvalue weighted by atomic mass is 16.5. The lowest BCUT2D eigenvalue weighted by Gasteiger charge is -1.93. The van der Waals surface area contributed by atoms with E-state index in [2.05, 4.69) is 0 Å². The molecule has 0 aliphatic carbocycles. The molecule has 0 aromatic carbocycles. The third-order valence-corrected chi connectivity index (χ3v) is 2.03. The van der Waals surface area contributed by atoms with Crippen LogP contribution in [0.1, 0.15) is 51.9 Å². The summed E-state index contributed by atoms with van der Waals surface area (Å²) >= 11 is 0. The van der Waals surface area contributed by atoms with Crippen molar-refractivity contribution >= 4 is 11.9 Å². The third kappa shape index (κ3) is 10.9. The number of carboxylic acids is 1. The van der Waals surface area contributed by atoms with Crippen LogP contribution >= 0.6 is 0 Å². The Morgan fingerprint density at radius 1 is 1.40 bits per heavy atom. The molecule has 1 aliphatic heterocycles. The standard InChI is InChI=1S/C6H10O2.C5H10O2/c7-6-4-2-1-3-5-8-6;1-2-3-4-5(6)7/h1-5H2;2-4H2,1H3,(H,6,7). The molecule has 15 heavy (non-hydrogen) atoms. The van der Waals surface area contributed by atoms with E-state index in [9.17, 15) is 9.59 Å². The molecule has 0 unspecified atom stereocenters. The molecule has 0 aromatic heterocycles. The molecule has 88 valence electrons. The fraction of sp³-hybridized carbons (Fsp3) is 0.818. The Balaban J connectivity index is 0.000000265. The maximum atomic E-state index is 10.5. The van der Waals surface area contributed by atoms with Crippen molar-refractivity contribution in [2.24, 2.45) is 0 Å². The summed E-state index contributed by atoms with van der Waals surface area (Å²) in [7, 11) is 0. The van der Waals surface area contributed by atoms with E-state index in [-0.39, 0.29) is 5.97 Å². The summed E-state index contributed by atoms with van der Waals surface area (Å²) in [4.78, 5) is 20.2. The number of aliphatic carboxylic acids is 1. The van der Waals surface area contributed by atoms with E-state index in [0.717, 1.165) is 32.1 Å². The van der Waals surface area contributed by atoms with Gasteiger partial charge in [0.25, 0.3) is 0 Å². The van der Waals surface area contributed by atoms with Gasteiger partial charge in [-0.15, -0.1) is 0 Å². The van der Waals surface area contributed by atoms with Gasteiger partial charge in [-0.1, -0.05) is 13.3 Å². The van der Waals surface area contributed by atoms with Crippen molar-refractivity contribution in [3.8, 4) is 0 Å². The zero-order valence-electron chi connectivity index (χ0n) is 9.33. The monoisotopic (exact) mass is 216 g/mol. The normalized spacial score (nSPS) is 15.7. The van der Waals surface area contributed by atoms with Crippen molar-refractivity contribution in [1.29, 1.82) is 0 Å². The van der Waals surface area contributed by atoms with E-state index in [1.165, 1.54) is 0 Å². The highest BCUT2D eigenvalue weighted by Crippen LogP contribution is 2.06. The van der Waals surface area contributed by atoms with Gasteiger partial charge in [0.05, 0.1) is 6.61 Å². The van der Waals surface area contributed by atoms with Gasteiger partial charge in [-0.25, -0.2) is 0 Å².